The van der Waals surface area contributed by atoms with Gasteiger partial charge in [0.05, 0.1) is 5.38 Å². The molecule has 0 spiro atoms. The van der Waals surface area contributed by atoms with Gasteiger partial charge < -0.3 is 10.2 Å². The monoisotopic (exact) mass is 413 g/mol. The Bertz CT molecular complexity index is 603. The molecule has 1 atom stereocenters. The van der Waals surface area contributed by atoms with Gasteiger partial charge >= 0.3 is 0 Å². The number of alkyl halides is 1. The molecule has 0 saturated carbocycles. The molecule has 0 heterocycles. The molecule has 1 unspecified atom stereocenters. The average Bonchev–Trinajstić information content (AvgIpc) is 2.48. The molecule has 110 valence electrons. The molecule has 0 radical (unpaired) electrons. The molecule has 0 aliphatic rings. The van der Waals surface area contributed by atoms with Crippen LogP contribution >= 0.6 is 34.2 Å². The predicted molar refractivity (Wildman–Crippen MR) is 98.2 cm³/mol. The SMILES string of the molecule is CN(CC(Cl)c1ccccc1)C(=N)Nc1cccc(I)c1. The van der Waals surface area contributed by atoms with Gasteiger partial charge in [0.25, 0.3) is 0 Å². The van der Waals surface area contributed by atoms with Crippen molar-refractivity contribution in [3.63, 3.8) is 0 Å². The van der Waals surface area contributed by atoms with Crippen LogP contribution in [0.15, 0.2) is 54.6 Å². The van der Waals surface area contributed by atoms with Gasteiger partial charge in [-0.1, -0.05) is 36.4 Å². The molecule has 0 saturated heterocycles. The first-order chi connectivity index (χ1) is 10.1. The number of halogens is 2. The second-order valence-corrected chi connectivity index (χ2v) is 6.52. The number of guanidine groups is 1. The molecule has 2 aromatic rings. The predicted octanol–water partition coefficient (Wildman–Crippen LogP) is 4.55. The first-order valence-corrected chi connectivity index (χ1v) is 8.09. The van der Waals surface area contributed by atoms with Crippen LogP contribution in [-0.2, 0) is 0 Å². The van der Waals surface area contributed by atoms with E-state index < -0.39 is 0 Å². The standard InChI is InChI=1S/C16H17ClIN3/c1-21(11-15(17)12-6-3-2-4-7-12)16(19)20-14-9-5-8-13(18)10-14/h2-10,15H,11H2,1H3,(H2,19,20). The van der Waals surface area contributed by atoms with Gasteiger partial charge in [-0.2, -0.15) is 0 Å². The van der Waals surface area contributed by atoms with Crippen molar-refractivity contribution in [1.82, 2.24) is 4.90 Å². The summed E-state index contributed by atoms with van der Waals surface area (Å²) in [7, 11) is 1.86. The molecule has 0 amide bonds. The van der Waals surface area contributed by atoms with E-state index in [-0.39, 0.29) is 5.38 Å². The summed E-state index contributed by atoms with van der Waals surface area (Å²) in [5, 5.41) is 11.1. The zero-order chi connectivity index (χ0) is 15.2. The van der Waals surface area contributed by atoms with E-state index >= 15 is 0 Å². The number of hydrogen-bond acceptors (Lipinski definition) is 1. The Morgan fingerprint density at radius 2 is 1.95 bits per heavy atom. The van der Waals surface area contributed by atoms with E-state index in [4.69, 9.17) is 17.0 Å². The smallest absolute Gasteiger partial charge is 0.195 e. The summed E-state index contributed by atoms with van der Waals surface area (Å²) >= 11 is 8.66. The van der Waals surface area contributed by atoms with Crippen LogP contribution in [0.5, 0.6) is 0 Å². The van der Waals surface area contributed by atoms with Crippen LogP contribution in [0.3, 0.4) is 0 Å². The quantitative estimate of drug-likeness (QED) is 0.334. The Hall–Kier alpha value is -1.27. The topological polar surface area (TPSA) is 39.1 Å². The molecule has 3 nitrogen and oxygen atoms in total. The molecule has 0 bridgehead atoms. The Kier molecular flexibility index (Phi) is 5.87. The molecular formula is C16H17ClIN3. The third-order valence-corrected chi connectivity index (χ3v) is 4.13. The number of nitrogens with zero attached hydrogens (tertiary/aromatic N) is 1. The van der Waals surface area contributed by atoms with Crippen molar-refractivity contribution in [1.29, 1.82) is 5.41 Å². The highest BCUT2D eigenvalue weighted by molar-refractivity contribution is 14.1. The maximum Gasteiger partial charge on any atom is 0.195 e. The molecule has 0 aliphatic heterocycles. The third-order valence-electron chi connectivity index (χ3n) is 3.06. The van der Waals surface area contributed by atoms with Crippen molar-refractivity contribution in [3.05, 3.63) is 63.7 Å². The highest BCUT2D eigenvalue weighted by Gasteiger charge is 2.13. The number of anilines is 1. The van der Waals surface area contributed by atoms with Crippen molar-refractivity contribution >= 4 is 45.8 Å². The van der Waals surface area contributed by atoms with E-state index in [0.717, 1.165) is 14.8 Å². The summed E-state index contributed by atoms with van der Waals surface area (Å²) < 4.78 is 1.13. The van der Waals surface area contributed by atoms with E-state index in [1.165, 1.54) is 0 Å². The maximum atomic E-state index is 8.11. The number of hydrogen-bond donors (Lipinski definition) is 2. The number of benzene rings is 2. The highest BCUT2D eigenvalue weighted by atomic mass is 127. The summed E-state index contributed by atoms with van der Waals surface area (Å²) in [6.45, 7) is 0.571. The molecular weight excluding hydrogens is 397 g/mol. The lowest BCUT2D eigenvalue weighted by atomic mass is 10.1. The fraction of sp³-hybridized carbons (Fsp3) is 0.188. The summed E-state index contributed by atoms with van der Waals surface area (Å²) in [6.07, 6.45) is 0. The van der Waals surface area contributed by atoms with Crippen molar-refractivity contribution < 1.29 is 0 Å². The van der Waals surface area contributed by atoms with E-state index in [2.05, 4.69) is 27.9 Å². The van der Waals surface area contributed by atoms with Gasteiger partial charge in [-0.25, -0.2) is 0 Å². The minimum atomic E-state index is -0.144. The van der Waals surface area contributed by atoms with Crippen LogP contribution in [-0.4, -0.2) is 24.5 Å². The van der Waals surface area contributed by atoms with Crippen LogP contribution in [0, 0.1) is 8.98 Å². The van der Waals surface area contributed by atoms with Gasteiger partial charge in [-0.3, -0.25) is 5.41 Å². The normalized spacial score (nSPS) is 11.8. The second-order valence-electron chi connectivity index (χ2n) is 4.74. The summed E-state index contributed by atoms with van der Waals surface area (Å²) in [6, 6.07) is 17.8. The molecule has 0 aromatic heterocycles. The fourth-order valence-corrected chi connectivity index (χ4v) is 2.79. The largest absolute Gasteiger partial charge is 0.344 e. The number of nitrogens with one attached hydrogen (secondary N) is 2. The zero-order valence-corrected chi connectivity index (χ0v) is 14.6. The molecule has 2 rings (SSSR count). The van der Waals surface area contributed by atoms with Gasteiger partial charge in [0.2, 0.25) is 0 Å². The van der Waals surface area contributed by atoms with E-state index in [1.54, 1.807) is 0 Å². The lowest BCUT2D eigenvalue weighted by Gasteiger charge is -2.23. The van der Waals surface area contributed by atoms with E-state index in [1.807, 2.05) is 66.5 Å². The first-order valence-electron chi connectivity index (χ1n) is 6.57. The van der Waals surface area contributed by atoms with Crippen LogP contribution in [0.2, 0.25) is 0 Å². The Morgan fingerprint density at radius 3 is 2.62 bits per heavy atom. The highest BCUT2D eigenvalue weighted by Crippen LogP contribution is 2.21. The van der Waals surface area contributed by atoms with E-state index in [0.29, 0.717) is 12.5 Å². The minimum absolute atomic E-state index is 0.144. The number of likely N-dealkylation sites (N-methyl/N-ethyl adjacent to an activating group) is 1. The van der Waals surface area contributed by atoms with Crippen molar-refractivity contribution in [2.75, 3.05) is 18.9 Å². The summed E-state index contributed by atoms with van der Waals surface area (Å²) in [5.74, 6) is 0.332. The lowest BCUT2D eigenvalue weighted by molar-refractivity contribution is 0.495. The molecule has 2 N–H and O–H groups in total. The maximum absolute atomic E-state index is 8.11. The first kappa shape index (κ1) is 16.1. The molecule has 0 aliphatic carbocycles. The van der Waals surface area contributed by atoms with Gasteiger partial charge in [-0.15, -0.1) is 11.6 Å². The van der Waals surface area contributed by atoms with Gasteiger partial charge in [0, 0.05) is 22.8 Å². The average molecular weight is 414 g/mol. The van der Waals surface area contributed by atoms with E-state index in [9.17, 15) is 0 Å². The third kappa shape index (κ3) is 4.89. The van der Waals surface area contributed by atoms with Gasteiger partial charge in [0.15, 0.2) is 5.96 Å². The van der Waals surface area contributed by atoms with Crippen LogP contribution in [0.1, 0.15) is 10.9 Å². The fourth-order valence-electron chi connectivity index (χ4n) is 1.90. The van der Waals surface area contributed by atoms with Gasteiger partial charge in [0.1, 0.15) is 0 Å². The number of rotatable bonds is 4. The summed E-state index contributed by atoms with van der Waals surface area (Å²) in [5.41, 5.74) is 1.97. The molecule has 2 aromatic carbocycles. The van der Waals surface area contributed by atoms with Crippen molar-refractivity contribution in [3.8, 4) is 0 Å². The Balaban J connectivity index is 1.93. The van der Waals surface area contributed by atoms with Gasteiger partial charge in [-0.05, 0) is 46.4 Å². The lowest BCUT2D eigenvalue weighted by Crippen LogP contribution is -2.34. The molecule has 0 fully saturated rings. The van der Waals surface area contributed by atoms with Crippen LogP contribution in [0.4, 0.5) is 5.69 Å². The molecule has 5 heteroatoms. The molecule has 21 heavy (non-hydrogen) atoms. The summed E-state index contributed by atoms with van der Waals surface area (Å²) in [4.78, 5) is 1.81. The second kappa shape index (κ2) is 7.66. The van der Waals surface area contributed by atoms with Crippen LogP contribution in [0.25, 0.3) is 0 Å². The van der Waals surface area contributed by atoms with Crippen molar-refractivity contribution in [2.45, 2.75) is 5.38 Å². The minimum Gasteiger partial charge on any atom is -0.344 e. The Morgan fingerprint density at radius 1 is 1.24 bits per heavy atom. The van der Waals surface area contributed by atoms with Crippen LogP contribution < -0.4 is 5.32 Å². The zero-order valence-electron chi connectivity index (χ0n) is 11.7. The van der Waals surface area contributed by atoms with Crippen molar-refractivity contribution in [2.24, 2.45) is 0 Å². The Labute approximate surface area is 144 Å².